The van der Waals surface area contributed by atoms with Gasteiger partial charge < -0.3 is 18.9 Å². The van der Waals surface area contributed by atoms with Crippen molar-refractivity contribution >= 4 is 19.8 Å². The van der Waals surface area contributed by atoms with Gasteiger partial charge in [0.2, 0.25) is 0 Å². The Morgan fingerprint density at radius 2 is 0.855 bits per heavy atom. The third-order valence-electron chi connectivity index (χ3n) is 11.5. The number of phosphoric ester groups is 1. The monoisotopic (exact) mass is 899 g/mol. The maximum absolute atomic E-state index is 12.7. The number of hydrogen-bond donors (Lipinski definition) is 1. The molecule has 1 N–H and O–H groups in total. The highest BCUT2D eigenvalue weighted by atomic mass is 31.2. The van der Waals surface area contributed by atoms with Crippen LogP contribution in [0.1, 0.15) is 245 Å². The Morgan fingerprint density at radius 1 is 0.484 bits per heavy atom. The summed E-state index contributed by atoms with van der Waals surface area (Å²) in [6.07, 6.45) is 51.0. The standard InChI is InChI=1S/C52H100NO8P/c1-6-8-10-12-14-16-18-20-22-23-24-25-26-27-28-29-31-33-35-37-39-41-43-45-52(55)61-50(49-60-62(56,57)59-47-46-53(3,4)5)48-58-51(54)44-42-40-38-36-34-32-30-21-19-17-15-13-11-9-7-2/h13,15,37,39,50H,6-12,14,16-36,38,40-49H2,1-5H3/p+1/b15-13+,39-37+/t50-/m1/s1. The molecule has 0 aliphatic carbocycles. The summed E-state index contributed by atoms with van der Waals surface area (Å²) in [4.78, 5) is 35.5. The number of allylic oxidation sites excluding steroid dienone is 4. The van der Waals surface area contributed by atoms with Crippen LogP contribution in [0.15, 0.2) is 24.3 Å². The first kappa shape index (κ1) is 60.5. The number of quaternary nitrogens is 1. The van der Waals surface area contributed by atoms with Crippen LogP contribution in [0.3, 0.4) is 0 Å². The van der Waals surface area contributed by atoms with Gasteiger partial charge in [0.15, 0.2) is 6.10 Å². The van der Waals surface area contributed by atoms with Crippen molar-refractivity contribution in [1.29, 1.82) is 0 Å². The summed E-state index contributed by atoms with van der Waals surface area (Å²) >= 11 is 0. The normalized spacial score (nSPS) is 13.6. The van der Waals surface area contributed by atoms with Gasteiger partial charge in [0.05, 0.1) is 27.7 Å². The van der Waals surface area contributed by atoms with Gasteiger partial charge in [-0.25, -0.2) is 4.57 Å². The molecule has 10 heteroatoms. The second kappa shape index (κ2) is 44.7. The van der Waals surface area contributed by atoms with E-state index >= 15 is 0 Å². The van der Waals surface area contributed by atoms with Crippen molar-refractivity contribution in [1.82, 2.24) is 0 Å². The number of carbonyl (C=O) groups excluding carboxylic acids is 2. The summed E-state index contributed by atoms with van der Waals surface area (Å²) < 4.78 is 34.4. The fourth-order valence-electron chi connectivity index (χ4n) is 7.35. The second-order valence-electron chi connectivity index (χ2n) is 18.9. The maximum Gasteiger partial charge on any atom is 0.472 e. The Hall–Kier alpha value is -1.51. The van der Waals surface area contributed by atoms with Crippen LogP contribution in [-0.4, -0.2) is 74.9 Å². The molecule has 0 fully saturated rings. The Balaban J connectivity index is 4.22. The van der Waals surface area contributed by atoms with Crippen LogP contribution in [-0.2, 0) is 32.7 Å². The van der Waals surface area contributed by atoms with E-state index in [0.717, 1.165) is 32.1 Å². The van der Waals surface area contributed by atoms with E-state index < -0.39 is 26.5 Å². The van der Waals surface area contributed by atoms with Crippen molar-refractivity contribution in [2.45, 2.75) is 251 Å². The predicted molar refractivity (Wildman–Crippen MR) is 261 cm³/mol. The summed E-state index contributed by atoms with van der Waals surface area (Å²) in [5.74, 6) is -0.828. The Kier molecular flexibility index (Phi) is 43.6. The van der Waals surface area contributed by atoms with Crippen LogP contribution >= 0.6 is 7.82 Å². The third kappa shape index (κ3) is 48.0. The van der Waals surface area contributed by atoms with E-state index in [1.165, 1.54) is 180 Å². The van der Waals surface area contributed by atoms with Crippen LogP contribution < -0.4 is 0 Å². The maximum atomic E-state index is 12.7. The van der Waals surface area contributed by atoms with Crippen molar-refractivity contribution in [3.05, 3.63) is 24.3 Å². The number of esters is 2. The van der Waals surface area contributed by atoms with Crippen LogP contribution in [0.2, 0.25) is 0 Å². The number of ether oxygens (including phenoxy) is 2. The lowest BCUT2D eigenvalue weighted by Crippen LogP contribution is -2.37. The molecule has 0 amide bonds. The average molecular weight is 899 g/mol. The number of likely N-dealkylation sites (N-methyl/N-ethyl adjacent to an activating group) is 1. The van der Waals surface area contributed by atoms with Crippen molar-refractivity contribution in [2.24, 2.45) is 0 Å². The summed E-state index contributed by atoms with van der Waals surface area (Å²) in [7, 11) is 1.47. The molecule has 0 saturated heterocycles. The van der Waals surface area contributed by atoms with E-state index in [9.17, 15) is 19.0 Å². The fourth-order valence-corrected chi connectivity index (χ4v) is 8.10. The summed E-state index contributed by atoms with van der Waals surface area (Å²) in [6, 6.07) is 0. The quantitative estimate of drug-likeness (QED) is 0.0211. The number of carbonyl (C=O) groups is 2. The molecule has 0 aromatic rings. The van der Waals surface area contributed by atoms with Gasteiger partial charge in [-0.15, -0.1) is 0 Å². The topological polar surface area (TPSA) is 108 Å². The largest absolute Gasteiger partial charge is 0.472 e. The molecule has 366 valence electrons. The number of rotatable bonds is 48. The second-order valence-corrected chi connectivity index (χ2v) is 20.4. The predicted octanol–water partition coefficient (Wildman–Crippen LogP) is 15.5. The molecular formula is C52H101NO8P+. The molecule has 0 aromatic carbocycles. The molecule has 0 bridgehead atoms. The molecule has 0 saturated carbocycles. The Morgan fingerprint density at radius 3 is 1.29 bits per heavy atom. The van der Waals surface area contributed by atoms with Gasteiger partial charge >= 0.3 is 19.8 Å². The lowest BCUT2D eigenvalue weighted by atomic mass is 10.0. The van der Waals surface area contributed by atoms with Gasteiger partial charge in [-0.2, -0.15) is 0 Å². The van der Waals surface area contributed by atoms with Gasteiger partial charge in [-0.1, -0.05) is 205 Å². The average Bonchev–Trinajstić information content (AvgIpc) is 3.23. The minimum atomic E-state index is -4.38. The zero-order chi connectivity index (χ0) is 45.7. The molecule has 0 spiro atoms. The first-order valence-corrected chi connectivity index (χ1v) is 27.6. The fraction of sp³-hybridized carbons (Fsp3) is 0.885. The van der Waals surface area contributed by atoms with Crippen molar-refractivity contribution in [2.75, 3.05) is 47.5 Å². The molecule has 0 radical (unpaired) electrons. The van der Waals surface area contributed by atoms with Gasteiger partial charge in [0, 0.05) is 12.8 Å². The smallest absolute Gasteiger partial charge is 0.462 e. The van der Waals surface area contributed by atoms with Crippen molar-refractivity contribution in [3.63, 3.8) is 0 Å². The molecule has 0 aliphatic rings. The molecular weight excluding hydrogens is 798 g/mol. The van der Waals surface area contributed by atoms with Gasteiger partial charge in [-0.05, 0) is 51.4 Å². The highest BCUT2D eigenvalue weighted by molar-refractivity contribution is 7.47. The summed E-state index contributed by atoms with van der Waals surface area (Å²) in [6.45, 7) is 4.40. The number of unbranched alkanes of at least 4 members (excludes halogenated alkanes) is 30. The highest BCUT2D eigenvalue weighted by Crippen LogP contribution is 2.43. The van der Waals surface area contributed by atoms with Crippen LogP contribution in [0.25, 0.3) is 0 Å². The molecule has 62 heavy (non-hydrogen) atoms. The van der Waals surface area contributed by atoms with Crippen molar-refractivity contribution < 1.29 is 42.1 Å². The Labute approximate surface area is 383 Å². The lowest BCUT2D eigenvalue weighted by Gasteiger charge is -2.24. The number of nitrogens with zero attached hydrogens (tertiary/aromatic N) is 1. The van der Waals surface area contributed by atoms with Crippen LogP contribution in [0.5, 0.6) is 0 Å². The third-order valence-corrected chi connectivity index (χ3v) is 12.4. The van der Waals surface area contributed by atoms with E-state index in [2.05, 4.69) is 38.2 Å². The van der Waals surface area contributed by atoms with E-state index in [4.69, 9.17) is 18.5 Å². The van der Waals surface area contributed by atoms with E-state index in [1.54, 1.807) is 0 Å². The zero-order valence-corrected chi connectivity index (χ0v) is 42.3. The first-order valence-electron chi connectivity index (χ1n) is 26.1. The molecule has 1 unspecified atom stereocenters. The van der Waals surface area contributed by atoms with Crippen molar-refractivity contribution in [3.8, 4) is 0 Å². The van der Waals surface area contributed by atoms with Gasteiger partial charge in [0.1, 0.15) is 19.8 Å². The molecule has 0 heterocycles. The summed E-state index contributed by atoms with van der Waals surface area (Å²) in [5, 5.41) is 0. The van der Waals surface area contributed by atoms with E-state index in [1.807, 2.05) is 21.1 Å². The SMILES string of the molecule is CCCC/C=C/CCCCCCCCCCCC(=O)OC[C@H](COP(=O)(O)OCC[N+](C)(C)C)OC(=O)CCC/C=C/CCCCCCCCCCCCCCCCCCCC. The number of phosphoric acid groups is 1. The van der Waals surface area contributed by atoms with Crippen LogP contribution in [0, 0.1) is 0 Å². The van der Waals surface area contributed by atoms with E-state index in [0.29, 0.717) is 17.4 Å². The highest BCUT2D eigenvalue weighted by Gasteiger charge is 2.27. The molecule has 0 aromatic heterocycles. The van der Waals surface area contributed by atoms with E-state index in [-0.39, 0.29) is 32.0 Å². The first-order chi connectivity index (χ1) is 30.0. The van der Waals surface area contributed by atoms with Gasteiger partial charge in [0.25, 0.3) is 0 Å². The zero-order valence-electron chi connectivity index (χ0n) is 41.4. The molecule has 2 atom stereocenters. The van der Waals surface area contributed by atoms with Crippen LogP contribution in [0.4, 0.5) is 0 Å². The lowest BCUT2D eigenvalue weighted by molar-refractivity contribution is -0.870. The Bertz CT molecular complexity index is 1110. The molecule has 0 rings (SSSR count). The minimum Gasteiger partial charge on any atom is -0.462 e. The molecule has 0 aliphatic heterocycles. The van der Waals surface area contributed by atoms with Gasteiger partial charge in [-0.3, -0.25) is 18.6 Å². The number of hydrogen-bond acceptors (Lipinski definition) is 7. The molecule has 9 nitrogen and oxygen atoms in total. The minimum absolute atomic E-state index is 0.0286. The summed E-state index contributed by atoms with van der Waals surface area (Å²) in [5.41, 5.74) is 0.